The summed E-state index contributed by atoms with van der Waals surface area (Å²) in [5.74, 6) is 0.682. The Bertz CT molecular complexity index is 637. The zero-order valence-corrected chi connectivity index (χ0v) is 12.0. The minimum atomic E-state index is 0.342. The fourth-order valence-corrected chi connectivity index (χ4v) is 2.24. The molecule has 2 heterocycles. The lowest BCUT2D eigenvalue weighted by molar-refractivity contribution is 1.15. The number of rotatable bonds is 3. The van der Waals surface area contributed by atoms with Gasteiger partial charge in [-0.3, -0.25) is 4.98 Å². The van der Waals surface area contributed by atoms with Gasteiger partial charge in [0, 0.05) is 11.9 Å². The van der Waals surface area contributed by atoms with Crippen LogP contribution in [0.25, 0.3) is 0 Å². The van der Waals surface area contributed by atoms with E-state index in [9.17, 15) is 0 Å². The van der Waals surface area contributed by atoms with Crippen molar-refractivity contribution in [1.29, 1.82) is 0 Å². The SMILES string of the molecule is Cc1cc(C)c(C(N)=S)c(Nc2cccnc2C)n1. The summed E-state index contributed by atoms with van der Waals surface area (Å²) < 4.78 is 0. The van der Waals surface area contributed by atoms with E-state index in [0.29, 0.717) is 10.8 Å². The molecule has 19 heavy (non-hydrogen) atoms. The summed E-state index contributed by atoms with van der Waals surface area (Å²) in [6.45, 7) is 5.85. The van der Waals surface area contributed by atoms with E-state index in [0.717, 1.165) is 28.2 Å². The quantitative estimate of drug-likeness (QED) is 0.841. The Balaban J connectivity index is 2.51. The van der Waals surface area contributed by atoms with Crippen molar-refractivity contribution in [2.45, 2.75) is 20.8 Å². The number of aromatic nitrogens is 2. The van der Waals surface area contributed by atoms with Crippen molar-refractivity contribution in [1.82, 2.24) is 9.97 Å². The Morgan fingerprint density at radius 1 is 1.32 bits per heavy atom. The molecule has 98 valence electrons. The Labute approximate surface area is 118 Å². The predicted octanol–water partition coefficient (Wildman–Crippen LogP) is 2.78. The van der Waals surface area contributed by atoms with Gasteiger partial charge in [0.25, 0.3) is 0 Å². The smallest absolute Gasteiger partial charge is 0.141 e. The van der Waals surface area contributed by atoms with Crippen LogP contribution in [-0.4, -0.2) is 15.0 Å². The van der Waals surface area contributed by atoms with E-state index in [1.807, 2.05) is 39.0 Å². The number of hydrogen-bond donors (Lipinski definition) is 2. The third kappa shape index (κ3) is 2.88. The molecule has 0 aliphatic heterocycles. The van der Waals surface area contributed by atoms with Gasteiger partial charge < -0.3 is 11.1 Å². The number of aryl methyl sites for hydroxylation is 3. The molecule has 0 fully saturated rings. The molecule has 0 bridgehead atoms. The molecule has 5 heteroatoms. The minimum absolute atomic E-state index is 0.342. The van der Waals surface area contributed by atoms with Crippen molar-refractivity contribution in [3.63, 3.8) is 0 Å². The average molecular weight is 272 g/mol. The molecule has 2 aromatic rings. The van der Waals surface area contributed by atoms with Crippen LogP contribution in [0.3, 0.4) is 0 Å². The van der Waals surface area contributed by atoms with E-state index < -0.39 is 0 Å². The van der Waals surface area contributed by atoms with Gasteiger partial charge >= 0.3 is 0 Å². The second kappa shape index (κ2) is 5.32. The van der Waals surface area contributed by atoms with Gasteiger partial charge in [-0.2, -0.15) is 0 Å². The van der Waals surface area contributed by atoms with Gasteiger partial charge in [-0.1, -0.05) is 12.2 Å². The molecule has 2 aromatic heterocycles. The zero-order valence-electron chi connectivity index (χ0n) is 11.2. The molecule has 0 aromatic carbocycles. The van der Waals surface area contributed by atoms with Crippen LogP contribution in [0.2, 0.25) is 0 Å². The molecule has 2 rings (SSSR count). The average Bonchev–Trinajstić information content (AvgIpc) is 2.30. The number of hydrogen-bond acceptors (Lipinski definition) is 4. The molecule has 0 saturated carbocycles. The van der Waals surface area contributed by atoms with Gasteiger partial charge in [-0.05, 0) is 44.5 Å². The fraction of sp³-hybridized carbons (Fsp3) is 0.214. The lowest BCUT2D eigenvalue weighted by Crippen LogP contribution is -2.15. The van der Waals surface area contributed by atoms with E-state index in [1.165, 1.54) is 0 Å². The molecule has 0 amide bonds. The minimum Gasteiger partial charge on any atom is -0.389 e. The first-order chi connectivity index (χ1) is 8.99. The zero-order chi connectivity index (χ0) is 14.0. The Kier molecular flexibility index (Phi) is 3.76. The van der Waals surface area contributed by atoms with E-state index in [-0.39, 0.29) is 0 Å². The maximum Gasteiger partial charge on any atom is 0.141 e. The first-order valence-corrected chi connectivity index (χ1v) is 6.36. The van der Waals surface area contributed by atoms with Crippen LogP contribution in [0, 0.1) is 20.8 Å². The lowest BCUT2D eigenvalue weighted by atomic mass is 10.1. The molecule has 0 saturated heterocycles. The largest absolute Gasteiger partial charge is 0.389 e. The first kappa shape index (κ1) is 13.4. The van der Waals surface area contributed by atoms with Crippen LogP contribution < -0.4 is 11.1 Å². The van der Waals surface area contributed by atoms with Crippen LogP contribution in [-0.2, 0) is 0 Å². The molecule has 0 atom stereocenters. The summed E-state index contributed by atoms with van der Waals surface area (Å²) in [5.41, 5.74) is 10.3. The molecule has 3 N–H and O–H groups in total. The van der Waals surface area contributed by atoms with Crippen molar-refractivity contribution in [3.8, 4) is 0 Å². The second-order valence-electron chi connectivity index (χ2n) is 4.43. The van der Waals surface area contributed by atoms with E-state index in [1.54, 1.807) is 6.20 Å². The van der Waals surface area contributed by atoms with E-state index >= 15 is 0 Å². The number of pyridine rings is 2. The van der Waals surface area contributed by atoms with Crippen molar-refractivity contribution in [2.75, 3.05) is 5.32 Å². The molecule has 0 aliphatic carbocycles. The summed E-state index contributed by atoms with van der Waals surface area (Å²) in [6, 6.07) is 5.79. The topological polar surface area (TPSA) is 63.8 Å². The maximum atomic E-state index is 5.79. The maximum absolute atomic E-state index is 5.79. The van der Waals surface area contributed by atoms with Crippen molar-refractivity contribution in [3.05, 3.63) is 46.9 Å². The third-order valence-corrected chi connectivity index (χ3v) is 3.06. The van der Waals surface area contributed by atoms with Gasteiger partial charge in [-0.25, -0.2) is 4.98 Å². The third-order valence-electron chi connectivity index (χ3n) is 2.85. The predicted molar refractivity (Wildman–Crippen MR) is 81.9 cm³/mol. The summed E-state index contributed by atoms with van der Waals surface area (Å²) in [4.78, 5) is 9.07. The number of nitrogens with one attached hydrogen (secondary N) is 1. The highest BCUT2D eigenvalue weighted by atomic mass is 32.1. The van der Waals surface area contributed by atoms with E-state index in [2.05, 4.69) is 15.3 Å². The number of anilines is 2. The van der Waals surface area contributed by atoms with Crippen molar-refractivity contribution < 1.29 is 0 Å². The van der Waals surface area contributed by atoms with Crippen LogP contribution in [0.1, 0.15) is 22.5 Å². The highest BCUT2D eigenvalue weighted by Gasteiger charge is 2.12. The fourth-order valence-electron chi connectivity index (χ4n) is 1.98. The van der Waals surface area contributed by atoms with Crippen LogP contribution in [0.5, 0.6) is 0 Å². The first-order valence-electron chi connectivity index (χ1n) is 5.95. The number of thiocarbonyl (C=S) groups is 1. The monoisotopic (exact) mass is 272 g/mol. The van der Waals surface area contributed by atoms with Crippen LogP contribution >= 0.6 is 12.2 Å². The molecule has 0 spiro atoms. The highest BCUT2D eigenvalue weighted by molar-refractivity contribution is 7.80. The normalized spacial score (nSPS) is 10.3. The van der Waals surface area contributed by atoms with Crippen molar-refractivity contribution in [2.24, 2.45) is 5.73 Å². The lowest BCUT2D eigenvalue weighted by Gasteiger charge is -2.14. The van der Waals surface area contributed by atoms with Gasteiger partial charge in [0.2, 0.25) is 0 Å². The molecular weight excluding hydrogens is 256 g/mol. The molecule has 0 aliphatic rings. The van der Waals surface area contributed by atoms with Gasteiger partial charge in [0.05, 0.1) is 16.9 Å². The Hall–Kier alpha value is -2.01. The summed E-state index contributed by atoms with van der Waals surface area (Å²) in [6.07, 6.45) is 1.75. The van der Waals surface area contributed by atoms with Crippen LogP contribution in [0.4, 0.5) is 11.5 Å². The summed E-state index contributed by atoms with van der Waals surface area (Å²) in [5, 5.41) is 3.26. The second-order valence-corrected chi connectivity index (χ2v) is 4.87. The molecule has 0 unspecified atom stereocenters. The van der Waals surface area contributed by atoms with Gasteiger partial charge in [0.15, 0.2) is 0 Å². The van der Waals surface area contributed by atoms with E-state index in [4.69, 9.17) is 18.0 Å². The van der Waals surface area contributed by atoms with Gasteiger partial charge in [-0.15, -0.1) is 0 Å². The summed E-state index contributed by atoms with van der Waals surface area (Å²) >= 11 is 5.11. The molecule has 4 nitrogen and oxygen atoms in total. The van der Waals surface area contributed by atoms with Crippen molar-refractivity contribution >= 4 is 28.7 Å². The van der Waals surface area contributed by atoms with Crippen LogP contribution in [0.15, 0.2) is 24.4 Å². The Morgan fingerprint density at radius 3 is 2.68 bits per heavy atom. The summed E-state index contributed by atoms with van der Waals surface area (Å²) in [7, 11) is 0. The molecular formula is C14H16N4S. The van der Waals surface area contributed by atoms with Gasteiger partial charge in [0.1, 0.15) is 10.8 Å². The standard InChI is InChI=1S/C14H16N4S/c1-8-7-9(2)17-14(12(8)13(15)19)18-11-5-4-6-16-10(11)3/h4-7H,1-3H3,(H2,15,19)(H,17,18). The number of nitrogens with two attached hydrogens (primary N) is 1. The highest BCUT2D eigenvalue weighted by Crippen LogP contribution is 2.23. The molecule has 0 radical (unpaired) electrons. The number of nitrogens with zero attached hydrogens (tertiary/aromatic N) is 2. The Morgan fingerprint density at radius 2 is 2.05 bits per heavy atom.